The topological polar surface area (TPSA) is 54.3 Å². The predicted octanol–water partition coefficient (Wildman–Crippen LogP) is 3.30. The maximum Gasteiger partial charge on any atom is 0.265 e. The first-order chi connectivity index (χ1) is 12.9. The third-order valence-electron chi connectivity index (χ3n) is 4.87. The Balaban J connectivity index is 2.03. The van der Waals surface area contributed by atoms with Crippen molar-refractivity contribution >= 4 is 35.2 Å². The Morgan fingerprint density at radius 2 is 1.78 bits per heavy atom. The van der Waals surface area contributed by atoms with Crippen LogP contribution in [0.5, 0.6) is 0 Å². The van der Waals surface area contributed by atoms with E-state index < -0.39 is 5.91 Å². The number of thiocarbonyl (C=S) groups is 1. The zero-order chi connectivity index (χ0) is 19.7. The average Bonchev–Trinajstić information content (AvgIpc) is 2.92. The van der Waals surface area contributed by atoms with E-state index in [0.717, 1.165) is 29.1 Å². The molecule has 5 nitrogen and oxygen atoms in total. The molecule has 1 N–H and O–H groups in total. The molecule has 0 saturated carbocycles. The monoisotopic (exact) mass is 381 g/mol. The first-order valence-corrected chi connectivity index (χ1v) is 9.45. The van der Waals surface area contributed by atoms with Gasteiger partial charge in [-0.1, -0.05) is 19.1 Å². The highest BCUT2D eigenvalue weighted by Crippen LogP contribution is 2.24. The highest BCUT2D eigenvalue weighted by Gasteiger charge is 2.32. The minimum absolute atomic E-state index is 0.104. The SMILES string of the molecule is CCc1ccc(-n2c(C)cc(/C=C3\C(=O)NC(=S)N(CC)C3=O)c2C)cc1. The summed E-state index contributed by atoms with van der Waals surface area (Å²) in [5, 5.41) is 2.75. The predicted molar refractivity (Wildman–Crippen MR) is 111 cm³/mol. The van der Waals surface area contributed by atoms with Crippen molar-refractivity contribution in [2.24, 2.45) is 0 Å². The Kier molecular flexibility index (Phi) is 5.28. The van der Waals surface area contributed by atoms with E-state index in [4.69, 9.17) is 12.2 Å². The van der Waals surface area contributed by atoms with Crippen molar-refractivity contribution in [3.8, 4) is 5.69 Å². The number of rotatable bonds is 4. The molecule has 6 heteroatoms. The van der Waals surface area contributed by atoms with Gasteiger partial charge in [-0.15, -0.1) is 0 Å². The van der Waals surface area contributed by atoms with Crippen LogP contribution in [0.2, 0.25) is 0 Å². The summed E-state index contributed by atoms with van der Waals surface area (Å²) < 4.78 is 2.12. The summed E-state index contributed by atoms with van der Waals surface area (Å²) in [6.45, 7) is 8.37. The number of benzene rings is 1. The minimum Gasteiger partial charge on any atom is -0.318 e. The first kappa shape index (κ1) is 19.0. The second-order valence-corrected chi connectivity index (χ2v) is 6.94. The van der Waals surface area contributed by atoms with Crippen molar-refractivity contribution in [3.05, 3.63) is 58.4 Å². The highest BCUT2D eigenvalue weighted by molar-refractivity contribution is 7.80. The van der Waals surface area contributed by atoms with Crippen LogP contribution in [-0.2, 0) is 16.0 Å². The molecular formula is C21H23N3O2S. The fourth-order valence-corrected chi connectivity index (χ4v) is 3.65. The maximum atomic E-state index is 12.6. The van der Waals surface area contributed by atoms with E-state index in [1.54, 1.807) is 6.08 Å². The number of nitrogens with one attached hydrogen (secondary N) is 1. The van der Waals surface area contributed by atoms with Crippen molar-refractivity contribution in [3.63, 3.8) is 0 Å². The van der Waals surface area contributed by atoms with Crippen LogP contribution in [0, 0.1) is 13.8 Å². The molecule has 0 atom stereocenters. The number of aromatic nitrogens is 1. The van der Waals surface area contributed by atoms with E-state index in [0.29, 0.717) is 6.54 Å². The van der Waals surface area contributed by atoms with Crippen molar-refractivity contribution in [1.29, 1.82) is 0 Å². The molecule has 1 aromatic heterocycles. The third-order valence-corrected chi connectivity index (χ3v) is 5.20. The van der Waals surface area contributed by atoms with E-state index in [-0.39, 0.29) is 16.6 Å². The van der Waals surface area contributed by atoms with Crippen LogP contribution >= 0.6 is 12.2 Å². The Hall–Kier alpha value is -2.73. The van der Waals surface area contributed by atoms with Gasteiger partial charge < -0.3 is 4.57 Å². The van der Waals surface area contributed by atoms with Crippen LogP contribution in [-0.4, -0.2) is 32.9 Å². The molecule has 27 heavy (non-hydrogen) atoms. The summed E-state index contributed by atoms with van der Waals surface area (Å²) in [5.41, 5.74) is 5.30. The van der Waals surface area contributed by atoms with Crippen molar-refractivity contribution in [1.82, 2.24) is 14.8 Å². The molecule has 0 spiro atoms. The summed E-state index contributed by atoms with van der Waals surface area (Å²) in [5.74, 6) is -0.810. The van der Waals surface area contributed by atoms with E-state index >= 15 is 0 Å². The second kappa shape index (κ2) is 7.48. The number of aryl methyl sites for hydroxylation is 2. The molecule has 1 aliphatic heterocycles. The third kappa shape index (κ3) is 3.45. The lowest BCUT2D eigenvalue weighted by Crippen LogP contribution is -2.53. The standard InChI is InChI=1S/C21H23N3O2S/c1-5-15-7-9-17(10-8-15)24-13(3)11-16(14(24)4)12-18-19(25)22-21(27)23(6-2)20(18)26/h7-12H,5-6H2,1-4H3,(H,22,25,27)/b18-12+. The van der Waals surface area contributed by atoms with Crippen LogP contribution in [0.4, 0.5) is 0 Å². The molecule has 1 aliphatic rings. The summed E-state index contributed by atoms with van der Waals surface area (Å²) in [4.78, 5) is 26.3. The second-order valence-electron chi connectivity index (χ2n) is 6.55. The number of carbonyl (C=O) groups excluding carboxylic acids is 2. The van der Waals surface area contributed by atoms with Gasteiger partial charge in [-0.05, 0) is 74.8 Å². The Bertz CT molecular complexity index is 955. The van der Waals surface area contributed by atoms with Gasteiger partial charge >= 0.3 is 0 Å². The molecule has 1 aromatic carbocycles. The lowest BCUT2D eigenvalue weighted by molar-refractivity contribution is -0.128. The number of hydrogen-bond acceptors (Lipinski definition) is 3. The van der Waals surface area contributed by atoms with Crippen molar-refractivity contribution in [2.75, 3.05) is 6.54 Å². The van der Waals surface area contributed by atoms with Crippen LogP contribution in [0.25, 0.3) is 11.8 Å². The normalized spacial score (nSPS) is 16.2. The van der Waals surface area contributed by atoms with Crippen LogP contribution in [0.3, 0.4) is 0 Å². The van der Waals surface area contributed by atoms with Crippen LogP contribution in [0.1, 0.15) is 36.4 Å². The molecule has 0 radical (unpaired) electrons. The maximum absolute atomic E-state index is 12.6. The summed E-state index contributed by atoms with van der Waals surface area (Å²) in [7, 11) is 0. The zero-order valence-corrected chi connectivity index (χ0v) is 16.8. The average molecular weight is 382 g/mol. The summed E-state index contributed by atoms with van der Waals surface area (Å²) >= 11 is 5.07. The van der Waals surface area contributed by atoms with Gasteiger partial charge in [0.2, 0.25) is 0 Å². The lowest BCUT2D eigenvalue weighted by Gasteiger charge is -2.27. The number of likely N-dealkylation sites (N-methyl/N-ethyl adjacent to an activating group) is 1. The number of nitrogens with zero attached hydrogens (tertiary/aromatic N) is 2. The molecule has 3 rings (SSSR count). The summed E-state index contributed by atoms with van der Waals surface area (Å²) in [6.07, 6.45) is 2.65. The Morgan fingerprint density at radius 1 is 1.11 bits per heavy atom. The zero-order valence-electron chi connectivity index (χ0n) is 16.0. The molecule has 2 aromatic rings. The molecule has 1 fully saturated rings. The Labute approximate surface area is 164 Å². The molecule has 2 heterocycles. The molecular weight excluding hydrogens is 358 g/mol. The van der Waals surface area contributed by atoms with Crippen molar-refractivity contribution < 1.29 is 9.59 Å². The molecule has 2 amide bonds. The van der Waals surface area contributed by atoms with Gasteiger partial charge in [0.1, 0.15) is 5.57 Å². The van der Waals surface area contributed by atoms with Gasteiger partial charge in [0.15, 0.2) is 5.11 Å². The van der Waals surface area contributed by atoms with Crippen LogP contribution < -0.4 is 5.32 Å². The van der Waals surface area contributed by atoms with Gasteiger partial charge in [-0.2, -0.15) is 0 Å². The summed E-state index contributed by atoms with van der Waals surface area (Å²) in [6, 6.07) is 10.4. The molecule has 140 valence electrons. The van der Waals surface area contributed by atoms with Gasteiger partial charge in [0.05, 0.1) is 0 Å². The van der Waals surface area contributed by atoms with E-state index in [2.05, 4.69) is 41.1 Å². The molecule has 0 bridgehead atoms. The van der Waals surface area contributed by atoms with Gasteiger partial charge in [0.25, 0.3) is 11.8 Å². The number of hydrogen-bond donors (Lipinski definition) is 1. The molecule has 0 unspecified atom stereocenters. The van der Waals surface area contributed by atoms with Gasteiger partial charge in [0, 0.05) is 23.6 Å². The number of amides is 2. The fraction of sp³-hybridized carbons (Fsp3) is 0.286. The van der Waals surface area contributed by atoms with E-state index in [1.807, 2.05) is 26.8 Å². The highest BCUT2D eigenvalue weighted by atomic mass is 32.1. The van der Waals surface area contributed by atoms with Gasteiger partial charge in [-0.25, -0.2) is 0 Å². The van der Waals surface area contributed by atoms with Crippen LogP contribution in [0.15, 0.2) is 35.9 Å². The van der Waals surface area contributed by atoms with Gasteiger partial charge in [-0.3, -0.25) is 19.8 Å². The Morgan fingerprint density at radius 3 is 2.37 bits per heavy atom. The molecule has 1 saturated heterocycles. The smallest absolute Gasteiger partial charge is 0.265 e. The minimum atomic E-state index is -0.452. The van der Waals surface area contributed by atoms with E-state index in [1.165, 1.54) is 10.5 Å². The fourth-order valence-electron chi connectivity index (χ4n) is 3.35. The largest absolute Gasteiger partial charge is 0.318 e. The molecule has 0 aliphatic carbocycles. The number of carbonyl (C=O) groups is 2. The van der Waals surface area contributed by atoms with E-state index in [9.17, 15) is 9.59 Å². The quantitative estimate of drug-likeness (QED) is 0.502. The lowest BCUT2D eigenvalue weighted by atomic mass is 10.1. The first-order valence-electron chi connectivity index (χ1n) is 9.04. The van der Waals surface area contributed by atoms with Crippen molar-refractivity contribution in [2.45, 2.75) is 34.1 Å².